The zero-order valence-corrected chi connectivity index (χ0v) is 14.0. The van der Waals surface area contributed by atoms with Crippen molar-refractivity contribution in [2.24, 2.45) is 11.3 Å². The fourth-order valence-corrected chi connectivity index (χ4v) is 5.16. The molecule has 5 rings (SSSR count). The van der Waals surface area contributed by atoms with Crippen molar-refractivity contribution in [1.29, 1.82) is 0 Å². The van der Waals surface area contributed by atoms with Crippen LogP contribution >= 0.6 is 0 Å². The molecule has 2 aromatic rings. The van der Waals surface area contributed by atoms with Gasteiger partial charge in [0.1, 0.15) is 23.9 Å². The van der Waals surface area contributed by atoms with Gasteiger partial charge in [0.25, 0.3) is 0 Å². The molecule has 0 bridgehead atoms. The molecule has 2 aromatic heterocycles. The lowest BCUT2D eigenvalue weighted by molar-refractivity contribution is -0.198. The fourth-order valence-electron chi connectivity index (χ4n) is 5.16. The minimum absolute atomic E-state index is 0.0110. The summed E-state index contributed by atoms with van der Waals surface area (Å²) in [5, 5.41) is 0.853. The molecule has 0 spiro atoms. The molecule has 0 aromatic carbocycles. The molecule has 0 amide bonds. The molecule has 2 saturated carbocycles. The van der Waals surface area contributed by atoms with Crippen molar-refractivity contribution >= 4 is 16.9 Å². The van der Waals surface area contributed by atoms with E-state index in [1.165, 1.54) is 12.7 Å². The average Bonchev–Trinajstić information content (AvgIpc) is 3.10. The van der Waals surface area contributed by atoms with Crippen LogP contribution in [0.4, 0.5) is 5.82 Å². The van der Waals surface area contributed by atoms with Crippen molar-refractivity contribution in [2.75, 3.05) is 5.73 Å². The van der Waals surface area contributed by atoms with E-state index in [2.05, 4.69) is 27.2 Å². The fraction of sp³-hybridized carbons (Fsp3) is 0.556. The van der Waals surface area contributed by atoms with Gasteiger partial charge in [-0.2, -0.15) is 0 Å². The van der Waals surface area contributed by atoms with Crippen LogP contribution in [0.25, 0.3) is 11.0 Å². The van der Waals surface area contributed by atoms with Gasteiger partial charge >= 0.3 is 0 Å². The number of nitrogens with zero attached hydrogens (tertiary/aromatic N) is 3. The number of fused-ring (bicyclic) bond motifs is 4. The molecule has 0 unspecified atom stereocenters. The van der Waals surface area contributed by atoms with Gasteiger partial charge in [0.05, 0.1) is 5.39 Å². The first kappa shape index (κ1) is 14.4. The van der Waals surface area contributed by atoms with Gasteiger partial charge in [0.2, 0.25) is 0 Å². The summed E-state index contributed by atoms with van der Waals surface area (Å²) in [7, 11) is 0. The first-order valence-electron chi connectivity index (χ1n) is 8.51. The smallest absolute Gasteiger partial charge is 0.177 e. The molecule has 1 aliphatic heterocycles. The van der Waals surface area contributed by atoms with E-state index >= 15 is 0 Å². The average molecular weight is 326 g/mol. The Labute approximate surface area is 140 Å². The Balaban J connectivity index is 1.75. The van der Waals surface area contributed by atoms with Crippen LogP contribution in [-0.4, -0.2) is 26.4 Å². The molecule has 6 heteroatoms. The van der Waals surface area contributed by atoms with Gasteiger partial charge in [-0.05, 0) is 38.7 Å². The van der Waals surface area contributed by atoms with Crippen molar-refractivity contribution in [2.45, 2.75) is 50.7 Å². The van der Waals surface area contributed by atoms with Gasteiger partial charge in [0, 0.05) is 18.0 Å². The quantitative estimate of drug-likeness (QED) is 0.859. The van der Waals surface area contributed by atoms with Crippen molar-refractivity contribution in [1.82, 2.24) is 14.5 Å². The highest BCUT2D eigenvalue weighted by Crippen LogP contribution is 2.68. The summed E-state index contributed by atoms with van der Waals surface area (Å²) >= 11 is 0. The summed E-state index contributed by atoms with van der Waals surface area (Å²) in [5.41, 5.74) is 6.24. The molecular formula is C18H22N4O2. The normalized spacial score (nSPS) is 39.4. The minimum atomic E-state index is -0.642. The van der Waals surface area contributed by atoms with E-state index in [1.807, 2.05) is 26.1 Å². The lowest BCUT2D eigenvalue weighted by Gasteiger charge is -2.45. The molecule has 24 heavy (non-hydrogen) atoms. The van der Waals surface area contributed by atoms with E-state index in [1.54, 1.807) is 0 Å². The molecule has 6 nitrogen and oxygen atoms in total. The summed E-state index contributed by atoms with van der Waals surface area (Å²) in [6.45, 7) is 8.08. The molecule has 126 valence electrons. The van der Waals surface area contributed by atoms with Gasteiger partial charge in [-0.3, -0.25) is 0 Å². The molecule has 2 N–H and O–H groups in total. The Bertz CT molecular complexity index is 860. The van der Waals surface area contributed by atoms with Crippen LogP contribution in [0.15, 0.2) is 31.2 Å². The summed E-state index contributed by atoms with van der Waals surface area (Å²) in [4.78, 5) is 8.58. The van der Waals surface area contributed by atoms with E-state index < -0.39 is 11.5 Å². The highest BCUT2D eigenvalue weighted by molar-refractivity contribution is 5.86. The van der Waals surface area contributed by atoms with Crippen LogP contribution in [0.3, 0.4) is 0 Å². The molecule has 0 radical (unpaired) electrons. The monoisotopic (exact) mass is 326 g/mol. The Hall–Kier alpha value is -1.92. The number of aromatic nitrogens is 3. The van der Waals surface area contributed by atoms with E-state index in [-0.39, 0.29) is 11.5 Å². The standard InChI is InChI=1S/C18H22N4O2/c1-4-17-7-5-11(17)9-18(15(17)23-16(2,3)24-18)22-8-6-12-13(19)20-10-21-14(12)22/h4,6,8,10-11,15H,1,5,7,9H2,2-3H3,(H2,19,20,21)/t11-,15-,17-,18-/m1/s1. The Morgan fingerprint density at radius 3 is 2.96 bits per heavy atom. The van der Waals surface area contributed by atoms with Gasteiger partial charge in [-0.1, -0.05) is 6.08 Å². The Kier molecular flexibility index (Phi) is 2.51. The van der Waals surface area contributed by atoms with E-state index in [0.717, 1.165) is 23.9 Å². The highest BCUT2D eigenvalue weighted by atomic mass is 16.8. The number of rotatable bonds is 2. The van der Waals surface area contributed by atoms with Crippen molar-refractivity contribution in [3.8, 4) is 0 Å². The predicted molar refractivity (Wildman–Crippen MR) is 89.9 cm³/mol. The summed E-state index contributed by atoms with van der Waals surface area (Å²) in [5.74, 6) is 0.383. The highest BCUT2D eigenvalue weighted by Gasteiger charge is 2.72. The van der Waals surface area contributed by atoms with Crippen molar-refractivity contribution < 1.29 is 9.47 Å². The number of nitrogens with two attached hydrogens (primary N) is 1. The Morgan fingerprint density at radius 1 is 1.42 bits per heavy atom. The summed E-state index contributed by atoms with van der Waals surface area (Å²) < 4.78 is 15.1. The number of anilines is 1. The lowest BCUT2D eigenvalue weighted by atomic mass is 9.61. The number of nitrogen functional groups attached to an aromatic ring is 1. The second-order valence-corrected chi connectivity index (χ2v) is 7.78. The van der Waals surface area contributed by atoms with Crippen molar-refractivity contribution in [3.05, 3.63) is 31.2 Å². The number of hydrogen-bond acceptors (Lipinski definition) is 5. The van der Waals surface area contributed by atoms with Gasteiger partial charge < -0.3 is 19.8 Å². The van der Waals surface area contributed by atoms with E-state index in [4.69, 9.17) is 15.2 Å². The second kappa shape index (κ2) is 4.18. The first-order chi connectivity index (χ1) is 11.4. The molecule has 3 aliphatic rings. The zero-order valence-electron chi connectivity index (χ0n) is 14.0. The zero-order chi connectivity index (χ0) is 16.7. The molecule has 2 aliphatic carbocycles. The van der Waals surface area contributed by atoms with Crippen LogP contribution in [0, 0.1) is 11.3 Å². The van der Waals surface area contributed by atoms with Crippen LogP contribution in [-0.2, 0) is 15.2 Å². The first-order valence-corrected chi connectivity index (χ1v) is 8.51. The van der Waals surface area contributed by atoms with Gasteiger partial charge in [-0.15, -0.1) is 6.58 Å². The summed E-state index contributed by atoms with van der Waals surface area (Å²) in [6, 6.07) is 1.96. The topological polar surface area (TPSA) is 75.2 Å². The van der Waals surface area contributed by atoms with E-state index in [9.17, 15) is 0 Å². The molecule has 4 atom stereocenters. The number of ether oxygens (including phenoxy) is 2. The third-order valence-corrected chi connectivity index (χ3v) is 6.25. The van der Waals surface area contributed by atoms with Crippen LogP contribution < -0.4 is 5.73 Å². The van der Waals surface area contributed by atoms with Gasteiger partial charge in [0.15, 0.2) is 11.5 Å². The SMILES string of the molecule is C=C[C@@]12CC[C@@H]1C[C@@]1(n3ccc4c(N)ncnc43)OC(C)(C)O[C@H]21. The molecular weight excluding hydrogens is 304 g/mol. The maximum Gasteiger partial charge on any atom is 0.177 e. The maximum atomic E-state index is 6.55. The molecule has 1 saturated heterocycles. The third kappa shape index (κ3) is 1.49. The minimum Gasteiger partial charge on any atom is -0.383 e. The molecule has 3 heterocycles. The van der Waals surface area contributed by atoms with Crippen LogP contribution in [0.2, 0.25) is 0 Å². The van der Waals surface area contributed by atoms with Crippen LogP contribution in [0.1, 0.15) is 33.1 Å². The van der Waals surface area contributed by atoms with E-state index in [0.29, 0.717) is 11.7 Å². The second-order valence-electron chi connectivity index (χ2n) is 7.78. The van der Waals surface area contributed by atoms with Crippen molar-refractivity contribution in [3.63, 3.8) is 0 Å². The lowest BCUT2D eigenvalue weighted by Crippen LogP contribution is -2.47. The third-order valence-electron chi connectivity index (χ3n) is 6.25. The number of hydrogen-bond donors (Lipinski definition) is 1. The Morgan fingerprint density at radius 2 is 2.25 bits per heavy atom. The van der Waals surface area contributed by atoms with Crippen LogP contribution in [0.5, 0.6) is 0 Å². The summed E-state index contributed by atoms with van der Waals surface area (Å²) in [6.07, 6.45) is 8.73. The largest absolute Gasteiger partial charge is 0.383 e. The van der Waals surface area contributed by atoms with Gasteiger partial charge in [-0.25, -0.2) is 9.97 Å². The maximum absolute atomic E-state index is 6.55. The predicted octanol–water partition coefficient (Wildman–Crippen LogP) is 2.80. The molecule has 3 fully saturated rings.